The van der Waals surface area contributed by atoms with E-state index in [0.29, 0.717) is 5.92 Å². The molecule has 0 aromatic heterocycles. The van der Waals surface area contributed by atoms with E-state index in [4.69, 9.17) is 14.2 Å². The zero-order chi connectivity index (χ0) is 14.7. The molecule has 1 heterocycles. The highest BCUT2D eigenvalue weighted by Gasteiger charge is 2.36. The van der Waals surface area contributed by atoms with Crippen LogP contribution in [0.2, 0.25) is 0 Å². The van der Waals surface area contributed by atoms with E-state index in [-0.39, 0.29) is 18.2 Å². The summed E-state index contributed by atoms with van der Waals surface area (Å²) in [5, 5.41) is 0. The second kappa shape index (κ2) is 7.10. The van der Waals surface area contributed by atoms with Crippen molar-refractivity contribution < 1.29 is 19.0 Å². The van der Waals surface area contributed by atoms with E-state index in [1.165, 1.54) is 45.6 Å². The van der Waals surface area contributed by atoms with E-state index in [9.17, 15) is 4.79 Å². The predicted molar refractivity (Wildman–Crippen MR) is 78.6 cm³/mol. The topological polar surface area (TPSA) is 44.8 Å². The molecule has 4 nitrogen and oxygen atoms in total. The molecule has 0 amide bonds. The fourth-order valence-electron chi connectivity index (χ4n) is 4.53. The van der Waals surface area contributed by atoms with Gasteiger partial charge in [0.05, 0.1) is 26.2 Å². The molecule has 4 heteroatoms. The molecule has 0 unspecified atom stereocenters. The highest BCUT2D eigenvalue weighted by Crippen LogP contribution is 2.42. The van der Waals surface area contributed by atoms with E-state index < -0.39 is 0 Å². The lowest BCUT2D eigenvalue weighted by atomic mass is 9.69. The van der Waals surface area contributed by atoms with Gasteiger partial charge in [-0.25, -0.2) is 0 Å². The van der Waals surface area contributed by atoms with Gasteiger partial charge >= 0.3 is 5.97 Å². The van der Waals surface area contributed by atoms with Gasteiger partial charge in [0.25, 0.3) is 0 Å². The molecule has 1 aliphatic heterocycles. The van der Waals surface area contributed by atoms with Crippen LogP contribution in [0.25, 0.3) is 0 Å². The number of carbonyl (C=O) groups excluding carboxylic acids is 1. The Kier molecular flexibility index (Phi) is 5.17. The van der Waals surface area contributed by atoms with Gasteiger partial charge in [-0.15, -0.1) is 0 Å². The molecule has 0 radical (unpaired) electrons. The first kappa shape index (κ1) is 15.3. The van der Waals surface area contributed by atoms with Gasteiger partial charge < -0.3 is 14.2 Å². The minimum Gasteiger partial charge on any atom is -0.469 e. The van der Waals surface area contributed by atoms with Crippen molar-refractivity contribution in [2.45, 2.75) is 57.7 Å². The first-order chi connectivity index (χ1) is 10.3. The van der Waals surface area contributed by atoms with Crippen LogP contribution < -0.4 is 0 Å². The Morgan fingerprint density at radius 2 is 1.29 bits per heavy atom. The molecule has 0 atom stereocenters. The normalized spacial score (nSPS) is 38.3. The molecule has 3 fully saturated rings. The Balaban J connectivity index is 1.42. The van der Waals surface area contributed by atoms with Crippen molar-refractivity contribution >= 4 is 5.97 Å². The lowest BCUT2D eigenvalue weighted by Crippen LogP contribution is -2.31. The van der Waals surface area contributed by atoms with Gasteiger partial charge in [-0.1, -0.05) is 0 Å². The van der Waals surface area contributed by atoms with Gasteiger partial charge in [0.15, 0.2) is 6.29 Å². The molecule has 3 rings (SSSR count). The maximum atomic E-state index is 11.6. The molecule has 120 valence electrons. The Morgan fingerprint density at radius 1 is 0.810 bits per heavy atom. The molecule has 2 aliphatic carbocycles. The minimum absolute atomic E-state index is 0.00677. The van der Waals surface area contributed by atoms with E-state index in [2.05, 4.69) is 0 Å². The van der Waals surface area contributed by atoms with E-state index in [1.807, 2.05) is 0 Å². The average molecular weight is 296 g/mol. The molecule has 3 aliphatic rings. The van der Waals surface area contributed by atoms with E-state index >= 15 is 0 Å². The number of hydrogen-bond donors (Lipinski definition) is 0. The fourth-order valence-corrected chi connectivity index (χ4v) is 4.53. The van der Waals surface area contributed by atoms with Crippen LogP contribution in [-0.4, -0.2) is 32.6 Å². The van der Waals surface area contributed by atoms with Crippen LogP contribution in [0, 0.1) is 23.7 Å². The number of hydrogen-bond acceptors (Lipinski definition) is 4. The van der Waals surface area contributed by atoms with Crippen LogP contribution in [0.15, 0.2) is 0 Å². The summed E-state index contributed by atoms with van der Waals surface area (Å²) in [5.41, 5.74) is 0. The third-order valence-corrected chi connectivity index (χ3v) is 5.82. The maximum Gasteiger partial charge on any atom is 0.308 e. The summed E-state index contributed by atoms with van der Waals surface area (Å²) in [6, 6.07) is 0. The van der Waals surface area contributed by atoms with E-state index in [0.717, 1.165) is 37.9 Å². The van der Waals surface area contributed by atoms with Crippen LogP contribution in [0.5, 0.6) is 0 Å². The van der Waals surface area contributed by atoms with Gasteiger partial charge in [-0.2, -0.15) is 0 Å². The lowest BCUT2D eigenvalue weighted by molar-refractivity contribution is -0.147. The molecule has 0 aromatic rings. The van der Waals surface area contributed by atoms with Crippen molar-refractivity contribution in [3.05, 3.63) is 0 Å². The summed E-state index contributed by atoms with van der Waals surface area (Å²) in [5.74, 6) is 2.42. The van der Waals surface area contributed by atoms with E-state index in [1.54, 1.807) is 0 Å². The minimum atomic E-state index is -0.00677. The fraction of sp³-hybridized carbons (Fsp3) is 0.941. The first-order valence-electron chi connectivity index (χ1n) is 8.59. The Bertz CT molecular complexity index is 335. The number of esters is 1. The number of ether oxygens (including phenoxy) is 3. The van der Waals surface area contributed by atoms with Gasteiger partial charge in [0.1, 0.15) is 0 Å². The Morgan fingerprint density at radius 3 is 1.81 bits per heavy atom. The molecule has 21 heavy (non-hydrogen) atoms. The lowest BCUT2D eigenvalue weighted by Gasteiger charge is -2.38. The molecule has 0 bridgehead atoms. The molecular weight excluding hydrogens is 268 g/mol. The molecular formula is C17H28O4. The first-order valence-corrected chi connectivity index (χ1v) is 8.59. The standard InChI is InChI=1S/C17H28O4/c1-19-16(18)14-6-2-12(3-7-14)13-4-8-15(9-5-13)17-20-10-11-21-17/h12-15,17H,2-11H2,1H3. The van der Waals surface area contributed by atoms with Crippen LogP contribution in [0.3, 0.4) is 0 Å². The quantitative estimate of drug-likeness (QED) is 0.751. The van der Waals surface area contributed by atoms with Crippen molar-refractivity contribution in [2.75, 3.05) is 20.3 Å². The average Bonchev–Trinajstić information content (AvgIpc) is 3.09. The summed E-state index contributed by atoms with van der Waals surface area (Å²) in [6.45, 7) is 1.53. The third kappa shape index (κ3) is 3.59. The zero-order valence-corrected chi connectivity index (χ0v) is 13.1. The molecule has 2 saturated carbocycles. The van der Waals surface area contributed by atoms with Crippen molar-refractivity contribution in [1.82, 2.24) is 0 Å². The van der Waals surface area contributed by atoms with Crippen molar-refractivity contribution in [3.8, 4) is 0 Å². The highest BCUT2D eigenvalue weighted by molar-refractivity contribution is 5.72. The zero-order valence-electron chi connectivity index (χ0n) is 13.1. The van der Waals surface area contributed by atoms with Crippen LogP contribution >= 0.6 is 0 Å². The SMILES string of the molecule is COC(=O)C1CCC(C2CCC(C3OCCO3)CC2)CC1. The summed E-state index contributed by atoms with van der Waals surface area (Å²) >= 11 is 0. The van der Waals surface area contributed by atoms with Crippen molar-refractivity contribution in [3.63, 3.8) is 0 Å². The van der Waals surface area contributed by atoms with Gasteiger partial charge in [-0.3, -0.25) is 4.79 Å². The molecule has 0 N–H and O–H groups in total. The van der Waals surface area contributed by atoms with Gasteiger partial charge in [-0.05, 0) is 63.2 Å². The number of carbonyl (C=O) groups is 1. The number of methoxy groups -OCH3 is 1. The summed E-state index contributed by atoms with van der Waals surface area (Å²) in [4.78, 5) is 11.6. The maximum absolute atomic E-state index is 11.6. The largest absolute Gasteiger partial charge is 0.469 e. The van der Waals surface area contributed by atoms with Gasteiger partial charge in [0, 0.05) is 5.92 Å². The highest BCUT2D eigenvalue weighted by atomic mass is 16.7. The van der Waals surface area contributed by atoms with Crippen LogP contribution in [0.4, 0.5) is 0 Å². The molecule has 0 aromatic carbocycles. The Hall–Kier alpha value is -0.610. The second-order valence-electron chi connectivity index (χ2n) is 6.92. The number of rotatable bonds is 3. The smallest absolute Gasteiger partial charge is 0.308 e. The van der Waals surface area contributed by atoms with Crippen LogP contribution in [0.1, 0.15) is 51.4 Å². The predicted octanol–water partition coefficient (Wildman–Crippen LogP) is 3.15. The monoisotopic (exact) mass is 296 g/mol. The second-order valence-corrected chi connectivity index (χ2v) is 6.92. The summed E-state index contributed by atoms with van der Waals surface area (Å²) in [7, 11) is 1.50. The molecule has 0 spiro atoms. The van der Waals surface area contributed by atoms with Crippen molar-refractivity contribution in [1.29, 1.82) is 0 Å². The van der Waals surface area contributed by atoms with Crippen LogP contribution in [-0.2, 0) is 19.0 Å². The summed E-state index contributed by atoms with van der Waals surface area (Å²) in [6.07, 6.45) is 9.61. The molecule has 1 saturated heterocycles. The van der Waals surface area contributed by atoms with Crippen molar-refractivity contribution in [2.24, 2.45) is 23.7 Å². The van der Waals surface area contributed by atoms with Gasteiger partial charge in [0.2, 0.25) is 0 Å². The Labute approximate surface area is 127 Å². The summed E-state index contributed by atoms with van der Waals surface area (Å²) < 4.78 is 16.2. The third-order valence-electron chi connectivity index (χ3n) is 5.82.